The second kappa shape index (κ2) is 32.5. The van der Waals surface area contributed by atoms with Crippen molar-refractivity contribution < 1.29 is 73.1 Å². The molecule has 0 bridgehead atoms. The van der Waals surface area contributed by atoms with E-state index in [1.165, 1.54) is 0 Å². The second-order valence-corrected chi connectivity index (χ2v) is 0. The van der Waals surface area contributed by atoms with Gasteiger partial charge in [-0.15, -0.1) is 0 Å². The molecular weight excluding hydrogens is 290 g/mol. The van der Waals surface area contributed by atoms with Gasteiger partial charge in [0, 0.05) is 41.7 Å². The minimum absolute atomic E-state index is 0. The molecule has 0 heterocycles. The van der Waals surface area contributed by atoms with E-state index in [4.69, 9.17) is 6.62 Å². The standard InChI is InChI=1S/Al.Ce.2O.Zr.H. The first-order valence-electron chi connectivity index (χ1n) is 0.493. The van der Waals surface area contributed by atoms with Gasteiger partial charge >= 0.3 is 47.6 Å². The van der Waals surface area contributed by atoms with Gasteiger partial charge in [-0.3, -0.25) is 0 Å². The second-order valence-electron chi connectivity index (χ2n) is 0. The van der Waals surface area contributed by atoms with Crippen molar-refractivity contribution in [2.24, 2.45) is 0 Å². The Kier molecular flexibility index (Phi) is 102. The van der Waals surface area contributed by atoms with Crippen molar-refractivity contribution in [1.82, 2.24) is 0 Å². The molecule has 0 atom stereocenters. The summed E-state index contributed by atoms with van der Waals surface area (Å²) in [6.07, 6.45) is 0. The van der Waals surface area contributed by atoms with Crippen LogP contribution in [-0.2, 0) is 31.3 Å². The van der Waals surface area contributed by atoms with Crippen LogP contribution in [0.1, 0.15) is 0 Å². The van der Waals surface area contributed by atoms with E-state index in [0.717, 1.165) is 0 Å². The molecule has 0 aromatic heterocycles. The van der Waals surface area contributed by atoms with Gasteiger partial charge in [-0.05, 0) is 0 Å². The molecule has 0 aromatic carbocycles. The Bertz CT molecular complexity index is 11.6. The van der Waals surface area contributed by atoms with E-state index in [2.05, 4.69) is 0 Å². The molecule has 0 N–H and O–H groups in total. The first-order valence-corrected chi connectivity index (χ1v) is 2.07. The Morgan fingerprint density at radius 1 is 1.20 bits per heavy atom. The maximum absolute atomic E-state index is 8.34. The van der Waals surface area contributed by atoms with Crippen LogP contribution in [0.2, 0.25) is 0 Å². The van der Waals surface area contributed by atoms with Crippen LogP contribution >= 0.6 is 0 Å². The van der Waals surface area contributed by atoms with Crippen molar-refractivity contribution in [3.8, 4) is 0 Å². The fourth-order valence-electron chi connectivity index (χ4n) is 0. The van der Waals surface area contributed by atoms with Crippen LogP contribution in [0.4, 0.5) is 0 Å². The molecule has 0 saturated heterocycles. The Balaban J connectivity index is -0.0000000133. The normalized spacial score (nSPS) is 1.20. The third-order valence-electron chi connectivity index (χ3n) is 0. The van der Waals surface area contributed by atoms with E-state index in [0.29, 0.717) is 40.9 Å². The molecule has 0 aliphatic heterocycles. The molecule has 0 saturated carbocycles. The number of hydrogen-bond acceptors (Lipinski definition) is 2. The van der Waals surface area contributed by atoms with Crippen LogP contribution in [-0.4, -0.2) is 16.2 Å². The summed E-state index contributed by atoms with van der Waals surface area (Å²) in [5.41, 5.74) is 0. The molecule has 0 aromatic rings. The molecule has 0 aliphatic rings. The van der Waals surface area contributed by atoms with Crippen LogP contribution < -0.4 is 0 Å². The monoisotopic (exact) mass is 290 g/mol. The first-order chi connectivity index (χ1) is 2.00. The van der Waals surface area contributed by atoms with Crippen LogP contribution in [0.5, 0.6) is 0 Å². The van der Waals surface area contributed by atoms with Gasteiger partial charge in [-0.2, -0.15) is 0 Å². The minimum atomic E-state index is 0. The quantitative estimate of drug-likeness (QED) is 0.543. The number of hydrogen-bond donors (Lipinski definition) is 0. The van der Waals surface area contributed by atoms with Crippen LogP contribution in [0.25, 0.3) is 0 Å². The van der Waals surface area contributed by atoms with Crippen molar-refractivity contribution in [1.29, 1.82) is 0 Å². The summed E-state index contributed by atoms with van der Waals surface area (Å²) in [5, 5.41) is 0. The number of rotatable bonds is 0. The van der Waals surface area contributed by atoms with Crippen LogP contribution in [0.15, 0.2) is 0 Å². The molecule has 0 fully saturated rings. The molecule has 0 unspecified atom stereocenters. The molecule has 24 valence electrons. The van der Waals surface area contributed by atoms with Crippen molar-refractivity contribution >= 4 is 16.2 Å². The van der Waals surface area contributed by atoms with E-state index in [1.54, 1.807) is 0 Å². The van der Waals surface area contributed by atoms with Crippen molar-refractivity contribution in [3.05, 3.63) is 0 Å². The Hall–Kier alpha value is 2.39. The predicted octanol–water partition coefficient (Wildman–Crippen LogP) is -0.889. The zero-order valence-electron chi connectivity index (χ0n) is 2.52. The van der Waals surface area contributed by atoms with Crippen LogP contribution in [0, 0.1) is 41.7 Å². The Morgan fingerprint density at radius 3 is 1.20 bits per heavy atom. The molecular formula is HAlCeO2Zr. The summed E-state index contributed by atoms with van der Waals surface area (Å²) in [6, 6.07) is 0. The van der Waals surface area contributed by atoms with Gasteiger partial charge in [0.2, 0.25) is 0 Å². The van der Waals surface area contributed by atoms with E-state index in [9.17, 15) is 0 Å². The van der Waals surface area contributed by atoms with E-state index in [1.807, 2.05) is 0 Å². The van der Waals surface area contributed by atoms with E-state index >= 15 is 0 Å². The molecule has 0 radical (unpaired) electrons. The van der Waals surface area contributed by atoms with Gasteiger partial charge in [-0.1, -0.05) is 0 Å². The van der Waals surface area contributed by atoms with Crippen molar-refractivity contribution in [2.45, 2.75) is 0 Å². The van der Waals surface area contributed by atoms with Gasteiger partial charge in [0.25, 0.3) is 0 Å². The summed E-state index contributed by atoms with van der Waals surface area (Å²) in [6.45, 7) is 0. The molecule has 0 aliphatic carbocycles. The summed E-state index contributed by atoms with van der Waals surface area (Å²) < 4.78 is 16.6. The van der Waals surface area contributed by atoms with Gasteiger partial charge in [0.05, 0.1) is 0 Å². The third-order valence-corrected chi connectivity index (χ3v) is 0. The zero-order chi connectivity index (χ0) is 4.00. The summed E-state index contributed by atoms with van der Waals surface area (Å²) >= 11 is 0.911. The average Bonchev–Trinajstić information content (AvgIpc) is 1.50. The predicted molar refractivity (Wildman–Crippen MR) is 8.52 cm³/mol. The molecule has 0 amide bonds. The van der Waals surface area contributed by atoms with Gasteiger partial charge in [0.1, 0.15) is 0 Å². The zero-order valence-corrected chi connectivity index (χ0v) is 9.54. The van der Waals surface area contributed by atoms with Gasteiger partial charge < -0.3 is 0 Å². The Labute approximate surface area is 87.4 Å². The Morgan fingerprint density at radius 2 is 1.20 bits per heavy atom. The van der Waals surface area contributed by atoms with E-state index < -0.39 is 0 Å². The van der Waals surface area contributed by atoms with Crippen molar-refractivity contribution in [2.75, 3.05) is 0 Å². The molecule has 2 nitrogen and oxygen atoms in total. The molecule has 0 rings (SSSR count). The average molecular weight is 291 g/mol. The summed E-state index contributed by atoms with van der Waals surface area (Å²) in [4.78, 5) is 0. The fourth-order valence-corrected chi connectivity index (χ4v) is 0. The summed E-state index contributed by atoms with van der Waals surface area (Å²) in [5.74, 6) is 0. The SMILES string of the molecule is [Ce].[O]=[AlH].[O]=[Zr]. The molecule has 5 heavy (non-hydrogen) atoms. The van der Waals surface area contributed by atoms with E-state index in [-0.39, 0.29) is 41.7 Å². The summed E-state index contributed by atoms with van der Waals surface area (Å²) in [7, 11) is 0. The molecule has 0 spiro atoms. The fraction of sp³-hybridized carbons (Fsp3) is 0. The van der Waals surface area contributed by atoms with Crippen LogP contribution in [0.3, 0.4) is 0 Å². The topological polar surface area (TPSA) is 34.1 Å². The third kappa shape index (κ3) is 21.5. The van der Waals surface area contributed by atoms with Gasteiger partial charge in [-0.25, -0.2) is 0 Å². The molecule has 5 heteroatoms. The maximum atomic E-state index is 8.34. The first kappa shape index (κ1) is 15.7. The van der Waals surface area contributed by atoms with Crippen molar-refractivity contribution in [3.63, 3.8) is 0 Å². The van der Waals surface area contributed by atoms with Gasteiger partial charge in [0.15, 0.2) is 0 Å².